The van der Waals surface area contributed by atoms with Gasteiger partial charge in [0.25, 0.3) is 0 Å². The summed E-state index contributed by atoms with van der Waals surface area (Å²) in [5, 5.41) is 3.31. The summed E-state index contributed by atoms with van der Waals surface area (Å²) in [5.74, 6) is 0. The van der Waals surface area contributed by atoms with Crippen LogP contribution in [0, 0.1) is 0 Å². The lowest BCUT2D eigenvalue weighted by atomic mass is 9.74. The molecule has 0 amide bonds. The molecule has 0 fully saturated rings. The van der Waals surface area contributed by atoms with Crippen molar-refractivity contribution in [2.24, 2.45) is 0 Å². The second-order valence-corrected chi connectivity index (χ2v) is 11.3. The van der Waals surface area contributed by atoms with Gasteiger partial charge in [0.2, 0.25) is 0 Å². The summed E-state index contributed by atoms with van der Waals surface area (Å²) in [6.45, 7) is 2.33. The molecule has 8 rings (SSSR count). The Morgan fingerprint density at radius 1 is 0.525 bits per heavy atom. The minimum absolute atomic E-state index is 0.265. The molecule has 1 nitrogen and oxygen atoms in total. The highest BCUT2D eigenvalue weighted by Gasteiger charge is 2.41. The summed E-state index contributed by atoms with van der Waals surface area (Å²) in [6.07, 6.45) is 0. The van der Waals surface area contributed by atoms with Crippen molar-refractivity contribution in [1.82, 2.24) is 4.57 Å². The van der Waals surface area contributed by atoms with Crippen LogP contribution in [0.5, 0.6) is 0 Å². The third-order valence-electron chi connectivity index (χ3n) is 8.74. The summed E-state index contributed by atoms with van der Waals surface area (Å²) in [6, 6.07) is 50.3. The van der Waals surface area contributed by atoms with Crippen LogP contribution in [0.4, 0.5) is 0 Å². The maximum atomic E-state index is 6.56. The lowest BCUT2D eigenvalue weighted by Crippen LogP contribution is -2.22. The van der Waals surface area contributed by atoms with Gasteiger partial charge in [0, 0.05) is 26.9 Å². The summed E-state index contributed by atoms with van der Waals surface area (Å²) in [7, 11) is 0. The maximum absolute atomic E-state index is 6.56. The monoisotopic (exact) mass is 531 g/mol. The molecule has 1 aliphatic rings. The molecule has 1 aliphatic carbocycles. The molecule has 0 radical (unpaired) electrons. The number of fused-ring (bicyclic) bond motifs is 6. The number of hydrogen-bond donors (Lipinski definition) is 0. The molecule has 1 atom stereocenters. The van der Waals surface area contributed by atoms with Gasteiger partial charge in [0.1, 0.15) is 0 Å². The van der Waals surface area contributed by atoms with Crippen LogP contribution >= 0.6 is 11.6 Å². The van der Waals surface area contributed by atoms with E-state index in [1.165, 1.54) is 66.4 Å². The van der Waals surface area contributed by atoms with E-state index in [2.05, 4.69) is 145 Å². The number of para-hydroxylation sites is 2. The van der Waals surface area contributed by atoms with Crippen molar-refractivity contribution in [3.63, 3.8) is 0 Å². The van der Waals surface area contributed by atoms with E-state index in [0.29, 0.717) is 0 Å². The van der Waals surface area contributed by atoms with E-state index >= 15 is 0 Å². The molecule has 1 unspecified atom stereocenters. The number of nitrogens with zero attached hydrogens (tertiary/aromatic N) is 1. The lowest BCUT2D eigenvalue weighted by Gasteiger charge is -2.28. The molecule has 0 spiro atoms. The first-order valence-corrected chi connectivity index (χ1v) is 14.1. The molecule has 2 heteroatoms. The second-order valence-electron chi connectivity index (χ2n) is 10.9. The van der Waals surface area contributed by atoms with Gasteiger partial charge in [-0.1, -0.05) is 109 Å². The molecule has 6 aromatic carbocycles. The van der Waals surface area contributed by atoms with E-state index in [0.717, 1.165) is 5.02 Å². The minimum atomic E-state index is -0.265. The van der Waals surface area contributed by atoms with Gasteiger partial charge < -0.3 is 4.57 Å². The smallest absolute Gasteiger partial charge is 0.0547 e. The minimum Gasteiger partial charge on any atom is -0.309 e. The molecule has 0 bridgehead atoms. The number of benzene rings is 6. The topological polar surface area (TPSA) is 4.93 Å². The molecule has 190 valence electrons. The van der Waals surface area contributed by atoms with Crippen molar-refractivity contribution in [2.45, 2.75) is 12.3 Å². The van der Waals surface area contributed by atoms with E-state index in [9.17, 15) is 0 Å². The number of hydrogen-bond acceptors (Lipinski definition) is 0. The van der Waals surface area contributed by atoms with Gasteiger partial charge in [-0.2, -0.15) is 0 Å². The largest absolute Gasteiger partial charge is 0.309 e. The fraction of sp³-hybridized carbons (Fsp3) is 0.0526. The summed E-state index contributed by atoms with van der Waals surface area (Å²) in [4.78, 5) is 0. The van der Waals surface area contributed by atoms with Gasteiger partial charge in [-0.05, 0) is 88.3 Å². The number of rotatable bonds is 3. The highest BCUT2D eigenvalue weighted by Crippen LogP contribution is 2.53. The molecule has 7 aromatic rings. The number of aromatic nitrogens is 1. The van der Waals surface area contributed by atoms with Crippen LogP contribution in [0.1, 0.15) is 23.6 Å². The third-order valence-corrected chi connectivity index (χ3v) is 8.98. The Kier molecular flexibility index (Phi) is 5.08. The highest BCUT2D eigenvalue weighted by atomic mass is 35.5. The average molecular weight is 532 g/mol. The van der Waals surface area contributed by atoms with Gasteiger partial charge in [-0.15, -0.1) is 0 Å². The molecule has 0 aliphatic heterocycles. The van der Waals surface area contributed by atoms with Crippen LogP contribution < -0.4 is 0 Å². The summed E-state index contributed by atoms with van der Waals surface area (Å²) >= 11 is 6.56. The standard InChI is InChI=1S/C38H26ClN/c1-38(27-10-4-2-5-11-27)34-21-17-25(22-33(34)30-20-18-28(39)24-35(30)38)26-16-19-32-31-14-8-9-15-36(31)40(37(32)23-26)29-12-6-3-7-13-29/h2-24H,1H3. The van der Waals surface area contributed by atoms with Crippen molar-refractivity contribution in [3.8, 4) is 27.9 Å². The zero-order valence-electron chi connectivity index (χ0n) is 22.1. The van der Waals surface area contributed by atoms with Crippen LogP contribution in [0.25, 0.3) is 49.7 Å². The highest BCUT2D eigenvalue weighted by molar-refractivity contribution is 6.30. The van der Waals surface area contributed by atoms with E-state index < -0.39 is 0 Å². The summed E-state index contributed by atoms with van der Waals surface area (Å²) < 4.78 is 2.38. The summed E-state index contributed by atoms with van der Waals surface area (Å²) in [5.41, 5.74) is 12.2. The Morgan fingerprint density at radius 2 is 1.20 bits per heavy atom. The Hall–Kier alpha value is -4.59. The Labute approximate surface area is 238 Å². The lowest BCUT2D eigenvalue weighted by molar-refractivity contribution is 0.714. The first kappa shape index (κ1) is 23.3. The van der Waals surface area contributed by atoms with Gasteiger partial charge in [-0.3, -0.25) is 0 Å². The zero-order chi connectivity index (χ0) is 26.8. The molecule has 40 heavy (non-hydrogen) atoms. The fourth-order valence-corrected chi connectivity index (χ4v) is 6.95. The van der Waals surface area contributed by atoms with Crippen molar-refractivity contribution in [2.75, 3.05) is 0 Å². The van der Waals surface area contributed by atoms with E-state index in [1.807, 2.05) is 6.07 Å². The van der Waals surface area contributed by atoms with E-state index in [-0.39, 0.29) is 5.41 Å². The first-order chi connectivity index (χ1) is 19.6. The predicted molar refractivity (Wildman–Crippen MR) is 169 cm³/mol. The average Bonchev–Trinajstić information content (AvgIpc) is 3.47. The first-order valence-electron chi connectivity index (χ1n) is 13.7. The molecule has 0 saturated heterocycles. The van der Waals surface area contributed by atoms with Crippen LogP contribution in [0.2, 0.25) is 5.02 Å². The Bertz CT molecular complexity index is 2070. The van der Waals surface area contributed by atoms with E-state index in [4.69, 9.17) is 11.6 Å². The normalized spacial score (nSPS) is 15.8. The fourth-order valence-electron chi connectivity index (χ4n) is 6.78. The predicted octanol–water partition coefficient (Wildman–Crippen LogP) is 10.4. The number of halogens is 1. The molecule has 0 saturated carbocycles. The van der Waals surface area contributed by atoms with Gasteiger partial charge >= 0.3 is 0 Å². The van der Waals surface area contributed by atoms with Crippen LogP contribution in [-0.2, 0) is 5.41 Å². The van der Waals surface area contributed by atoms with Crippen LogP contribution in [-0.4, -0.2) is 4.57 Å². The van der Waals surface area contributed by atoms with Gasteiger partial charge in [0.15, 0.2) is 0 Å². The van der Waals surface area contributed by atoms with Crippen molar-refractivity contribution in [3.05, 3.63) is 161 Å². The molecule has 1 aromatic heterocycles. The third kappa shape index (κ3) is 3.28. The SMILES string of the molecule is CC1(c2ccccc2)c2ccc(-c3ccc4c5ccccc5n(-c5ccccc5)c4c3)cc2-c2ccc(Cl)cc21. The quantitative estimate of drug-likeness (QED) is 0.214. The van der Waals surface area contributed by atoms with Crippen LogP contribution in [0.3, 0.4) is 0 Å². The molecular formula is C38H26ClN. The second kappa shape index (κ2) is 8.71. The van der Waals surface area contributed by atoms with Gasteiger partial charge in [-0.25, -0.2) is 0 Å². The Balaban J connectivity index is 1.35. The van der Waals surface area contributed by atoms with Crippen molar-refractivity contribution < 1.29 is 0 Å². The maximum Gasteiger partial charge on any atom is 0.0547 e. The van der Waals surface area contributed by atoms with E-state index in [1.54, 1.807) is 0 Å². The Morgan fingerprint density at radius 3 is 2.02 bits per heavy atom. The van der Waals surface area contributed by atoms with Gasteiger partial charge in [0.05, 0.1) is 11.0 Å². The molecular weight excluding hydrogens is 506 g/mol. The van der Waals surface area contributed by atoms with Crippen molar-refractivity contribution >= 4 is 33.4 Å². The van der Waals surface area contributed by atoms with Crippen LogP contribution in [0.15, 0.2) is 140 Å². The molecule has 0 N–H and O–H groups in total. The zero-order valence-corrected chi connectivity index (χ0v) is 22.9. The molecule has 1 heterocycles. The van der Waals surface area contributed by atoms with Crippen molar-refractivity contribution in [1.29, 1.82) is 0 Å².